The molecule has 0 aliphatic heterocycles. The molecule has 5 heteroatoms. The van der Waals surface area contributed by atoms with Gasteiger partial charge in [0.1, 0.15) is 0 Å². The van der Waals surface area contributed by atoms with E-state index in [4.69, 9.17) is 9.97 Å². The normalized spacial score (nSPS) is 11.2. The number of hydrogen-bond donors (Lipinski definition) is 0. The van der Waals surface area contributed by atoms with Crippen LogP contribution in [0.15, 0.2) is 146 Å². The van der Waals surface area contributed by atoms with Gasteiger partial charge in [0.25, 0.3) is 0 Å². The molecule has 0 saturated heterocycles. The maximum Gasteiger partial charge on any atom is 0.184 e. The summed E-state index contributed by atoms with van der Waals surface area (Å²) in [5.41, 5.74) is 3.87. The Kier molecular flexibility index (Phi) is 6.19. The largest absolute Gasteiger partial charge is 0.264 e. The average Bonchev–Trinajstić information content (AvgIpc) is 3.00. The predicted molar refractivity (Wildman–Crippen MR) is 152 cm³/mol. The molecule has 0 radical (unpaired) electrons. The van der Waals surface area contributed by atoms with Gasteiger partial charge in [-0.3, -0.25) is 19.9 Å². The third-order valence-corrected chi connectivity index (χ3v) is 11.5. The molecule has 0 unspecified atom stereocenters. The second-order valence-corrected chi connectivity index (χ2v) is 12.5. The van der Waals surface area contributed by atoms with Crippen molar-refractivity contribution in [2.24, 2.45) is 0 Å². The first-order chi connectivity index (χ1) is 18.4. The molecule has 6 rings (SSSR count). The van der Waals surface area contributed by atoms with Crippen LogP contribution in [-0.4, -0.2) is 28.0 Å². The van der Waals surface area contributed by atoms with Gasteiger partial charge in [-0.2, -0.15) is 0 Å². The molecule has 0 bridgehead atoms. The maximum atomic E-state index is 4.96. The number of aromatic nitrogens is 4. The van der Waals surface area contributed by atoms with Crippen LogP contribution in [0.1, 0.15) is 0 Å². The molecule has 4 aromatic heterocycles. The van der Waals surface area contributed by atoms with E-state index in [9.17, 15) is 0 Å². The van der Waals surface area contributed by atoms with Crippen molar-refractivity contribution in [2.75, 3.05) is 0 Å². The van der Waals surface area contributed by atoms with Gasteiger partial charge >= 0.3 is 0 Å². The molecule has 37 heavy (non-hydrogen) atoms. The van der Waals surface area contributed by atoms with Gasteiger partial charge in [0.15, 0.2) is 8.07 Å². The van der Waals surface area contributed by atoms with Crippen LogP contribution in [-0.2, 0) is 0 Å². The molecule has 0 atom stereocenters. The Morgan fingerprint density at radius 1 is 0.405 bits per heavy atom. The SMILES string of the molecule is c1ccc([Si](c2ccccc2)(c2cccnc2-c2cccnc2)c2cccnc2-c2cccnc2)cc1. The second kappa shape index (κ2) is 10.1. The Balaban J connectivity index is 1.80. The molecule has 0 saturated carbocycles. The first kappa shape index (κ1) is 22.7. The summed E-state index contributed by atoms with van der Waals surface area (Å²) in [4.78, 5) is 18.8. The van der Waals surface area contributed by atoms with E-state index in [0.717, 1.165) is 22.5 Å². The van der Waals surface area contributed by atoms with Gasteiger partial charge in [-0.25, -0.2) is 0 Å². The summed E-state index contributed by atoms with van der Waals surface area (Å²) in [7, 11) is -2.94. The van der Waals surface area contributed by atoms with E-state index in [-0.39, 0.29) is 0 Å². The second-order valence-electron chi connectivity index (χ2n) is 8.76. The highest BCUT2D eigenvalue weighted by Gasteiger charge is 2.45. The molecule has 0 aliphatic rings. The first-order valence-electron chi connectivity index (χ1n) is 12.2. The van der Waals surface area contributed by atoms with Crippen molar-refractivity contribution in [1.29, 1.82) is 0 Å². The van der Waals surface area contributed by atoms with Crippen molar-refractivity contribution in [3.05, 3.63) is 146 Å². The van der Waals surface area contributed by atoms with Crippen LogP contribution in [0, 0.1) is 0 Å². The molecule has 0 aliphatic carbocycles. The molecule has 0 N–H and O–H groups in total. The zero-order valence-corrected chi connectivity index (χ0v) is 21.1. The monoisotopic (exact) mass is 492 g/mol. The van der Waals surface area contributed by atoms with E-state index < -0.39 is 8.07 Å². The summed E-state index contributed by atoms with van der Waals surface area (Å²) in [6.45, 7) is 0. The minimum Gasteiger partial charge on any atom is -0.264 e. The Hall–Kier alpha value is -4.74. The standard InChI is InChI=1S/C32H24N4Si/c1-3-13-27(14-4-1)37(28-15-5-2-6-16-28,29-17-9-21-35-31(29)25-11-7-19-33-23-25)30-18-10-22-36-32(30)26-12-8-20-34-24-26/h1-24H. The van der Waals surface area contributed by atoms with Gasteiger partial charge < -0.3 is 0 Å². The number of rotatable bonds is 6. The summed E-state index contributed by atoms with van der Waals surface area (Å²) in [6, 6.07) is 38.3. The number of nitrogens with zero attached hydrogens (tertiary/aromatic N) is 4. The lowest BCUT2D eigenvalue weighted by molar-refractivity contribution is 1.28. The minimum absolute atomic E-state index is 0.941. The van der Waals surface area contributed by atoms with Gasteiger partial charge in [0.2, 0.25) is 0 Å². The number of benzene rings is 2. The van der Waals surface area contributed by atoms with Crippen LogP contribution in [0.5, 0.6) is 0 Å². The van der Waals surface area contributed by atoms with Gasteiger partial charge in [-0.15, -0.1) is 0 Å². The molecule has 2 aromatic carbocycles. The van der Waals surface area contributed by atoms with E-state index in [0.29, 0.717) is 0 Å². The van der Waals surface area contributed by atoms with Crippen LogP contribution >= 0.6 is 0 Å². The van der Waals surface area contributed by atoms with E-state index in [1.54, 1.807) is 12.4 Å². The molecule has 6 aromatic rings. The molecular formula is C32H24N4Si. The fourth-order valence-corrected chi connectivity index (χ4v) is 10.3. The Bertz CT molecular complexity index is 1480. The smallest absolute Gasteiger partial charge is 0.184 e. The lowest BCUT2D eigenvalue weighted by atomic mass is 10.2. The van der Waals surface area contributed by atoms with Crippen molar-refractivity contribution in [3.63, 3.8) is 0 Å². The third kappa shape index (κ3) is 4.05. The topological polar surface area (TPSA) is 51.6 Å². The zero-order chi connectivity index (χ0) is 24.9. The zero-order valence-electron chi connectivity index (χ0n) is 20.1. The Labute approximate surface area is 217 Å². The van der Waals surface area contributed by atoms with Crippen molar-refractivity contribution >= 4 is 28.8 Å². The molecule has 0 amide bonds. The van der Waals surface area contributed by atoms with Crippen LogP contribution < -0.4 is 20.7 Å². The predicted octanol–water partition coefficient (Wildman–Crippen LogP) is 3.98. The van der Waals surface area contributed by atoms with Crippen molar-refractivity contribution in [3.8, 4) is 22.5 Å². The van der Waals surface area contributed by atoms with Crippen molar-refractivity contribution in [2.45, 2.75) is 0 Å². The van der Waals surface area contributed by atoms with Gasteiger partial charge in [-0.1, -0.05) is 72.8 Å². The van der Waals surface area contributed by atoms with E-state index in [1.807, 2.05) is 49.1 Å². The van der Waals surface area contributed by atoms with E-state index in [2.05, 4.69) is 94.9 Å². The van der Waals surface area contributed by atoms with Crippen LogP contribution in [0.3, 0.4) is 0 Å². The molecule has 4 heterocycles. The maximum absolute atomic E-state index is 4.96. The average molecular weight is 493 g/mol. The highest BCUT2D eigenvalue weighted by atomic mass is 28.3. The fraction of sp³-hybridized carbons (Fsp3) is 0. The summed E-state index contributed by atoms with van der Waals surface area (Å²) in [6.07, 6.45) is 11.1. The van der Waals surface area contributed by atoms with Gasteiger partial charge in [0.05, 0.1) is 11.4 Å². The van der Waals surface area contributed by atoms with Gasteiger partial charge in [0, 0.05) is 48.3 Å². The molecule has 0 spiro atoms. The Morgan fingerprint density at radius 2 is 0.838 bits per heavy atom. The van der Waals surface area contributed by atoms with Crippen LogP contribution in [0.25, 0.3) is 22.5 Å². The van der Waals surface area contributed by atoms with Crippen molar-refractivity contribution < 1.29 is 0 Å². The summed E-state index contributed by atoms with van der Waals surface area (Å²) in [5.74, 6) is 0. The lowest BCUT2D eigenvalue weighted by Gasteiger charge is -2.36. The van der Waals surface area contributed by atoms with E-state index in [1.165, 1.54) is 20.7 Å². The number of pyridine rings is 4. The van der Waals surface area contributed by atoms with Gasteiger partial charge in [-0.05, 0) is 57.1 Å². The highest BCUT2D eigenvalue weighted by Crippen LogP contribution is 2.22. The van der Waals surface area contributed by atoms with E-state index >= 15 is 0 Å². The Morgan fingerprint density at radius 3 is 1.24 bits per heavy atom. The molecule has 0 fully saturated rings. The molecule has 176 valence electrons. The molecular weight excluding hydrogens is 468 g/mol. The summed E-state index contributed by atoms with van der Waals surface area (Å²) >= 11 is 0. The molecule has 4 nitrogen and oxygen atoms in total. The number of hydrogen-bond acceptors (Lipinski definition) is 4. The summed E-state index contributed by atoms with van der Waals surface area (Å²) in [5, 5.41) is 4.91. The lowest BCUT2D eigenvalue weighted by Crippen LogP contribution is -2.75. The first-order valence-corrected chi connectivity index (χ1v) is 14.2. The fourth-order valence-electron chi connectivity index (χ4n) is 5.19. The van der Waals surface area contributed by atoms with Crippen LogP contribution in [0.2, 0.25) is 0 Å². The summed E-state index contributed by atoms with van der Waals surface area (Å²) < 4.78 is 0. The van der Waals surface area contributed by atoms with Crippen LogP contribution in [0.4, 0.5) is 0 Å². The highest BCUT2D eigenvalue weighted by molar-refractivity contribution is 7.20. The minimum atomic E-state index is -2.94. The van der Waals surface area contributed by atoms with Crippen molar-refractivity contribution in [1.82, 2.24) is 19.9 Å². The quantitative estimate of drug-likeness (QED) is 0.330. The third-order valence-electron chi connectivity index (χ3n) is 6.71.